The third kappa shape index (κ3) is 17.5. The molecule has 0 fully saturated rings. The van der Waals surface area contributed by atoms with E-state index in [1.165, 1.54) is 103 Å². The molecule has 0 aliphatic carbocycles. The molecule has 0 aromatic heterocycles. The Morgan fingerprint density at radius 3 is 1.27 bits per heavy atom. The van der Waals surface area contributed by atoms with Gasteiger partial charge in [0.15, 0.2) is 6.61 Å². The highest BCUT2D eigenvalue weighted by Crippen LogP contribution is 2.20. The SMILES string of the molecule is CCCCCCCCCCCCCCCCCCCCC(C)(CO[N+](=O)[O-])[N+](=O)[O-]. The van der Waals surface area contributed by atoms with Crippen LogP contribution in [0.15, 0.2) is 0 Å². The van der Waals surface area contributed by atoms with Crippen LogP contribution in [-0.4, -0.2) is 22.2 Å². The average Bonchev–Trinajstić information content (AvgIpc) is 2.71. The third-order valence-corrected chi connectivity index (χ3v) is 5.99. The second kappa shape index (κ2) is 19.6. The molecule has 0 radical (unpaired) electrons. The molecule has 0 saturated heterocycles. The van der Waals surface area contributed by atoms with Crippen molar-refractivity contribution in [3.63, 3.8) is 0 Å². The monoisotopic (exact) mass is 430 g/mol. The average molecular weight is 431 g/mol. The number of nitrogens with zero attached hydrogens (tertiary/aromatic N) is 2. The highest BCUT2D eigenvalue weighted by molar-refractivity contribution is 4.72. The smallest absolute Gasteiger partial charge is 0.294 e. The summed E-state index contributed by atoms with van der Waals surface area (Å²) in [7, 11) is 0. The molecule has 1 unspecified atom stereocenters. The summed E-state index contributed by atoms with van der Waals surface area (Å²) in [5.74, 6) is 0. The van der Waals surface area contributed by atoms with Gasteiger partial charge in [0.1, 0.15) is 0 Å². The van der Waals surface area contributed by atoms with Crippen molar-refractivity contribution in [2.45, 2.75) is 141 Å². The predicted octanol–water partition coefficient (Wildman–Crippen LogP) is 7.66. The van der Waals surface area contributed by atoms with Gasteiger partial charge in [-0.25, -0.2) is 0 Å². The highest BCUT2D eigenvalue weighted by atomic mass is 17.0. The molecule has 7 heteroatoms. The fraction of sp³-hybridized carbons (Fsp3) is 1.00. The normalized spacial score (nSPS) is 13.1. The van der Waals surface area contributed by atoms with Crippen LogP contribution in [0.25, 0.3) is 0 Å². The molecular formula is C23H46N2O5. The third-order valence-electron chi connectivity index (χ3n) is 5.99. The number of hydrogen-bond acceptors (Lipinski definition) is 5. The molecule has 0 aliphatic heterocycles. The molecule has 0 aliphatic rings. The summed E-state index contributed by atoms with van der Waals surface area (Å²) in [6.45, 7) is 3.20. The van der Waals surface area contributed by atoms with Gasteiger partial charge < -0.3 is 4.84 Å². The van der Waals surface area contributed by atoms with Crippen molar-refractivity contribution in [3.8, 4) is 0 Å². The number of unbranched alkanes of at least 4 members (excludes halogenated alkanes) is 17. The molecule has 30 heavy (non-hydrogen) atoms. The van der Waals surface area contributed by atoms with E-state index in [0.29, 0.717) is 12.8 Å². The Bertz CT molecular complexity index is 434. The molecule has 0 heterocycles. The van der Waals surface area contributed by atoms with Crippen LogP contribution < -0.4 is 0 Å². The van der Waals surface area contributed by atoms with Gasteiger partial charge in [0, 0.05) is 18.3 Å². The van der Waals surface area contributed by atoms with Gasteiger partial charge in [0.25, 0.3) is 5.09 Å². The summed E-state index contributed by atoms with van der Waals surface area (Å²) in [6.07, 6.45) is 23.3. The molecule has 178 valence electrons. The van der Waals surface area contributed by atoms with Crippen LogP contribution in [0.5, 0.6) is 0 Å². The maximum atomic E-state index is 11.2. The van der Waals surface area contributed by atoms with Gasteiger partial charge in [-0.1, -0.05) is 116 Å². The molecule has 0 rings (SSSR count). The Morgan fingerprint density at radius 2 is 0.967 bits per heavy atom. The van der Waals surface area contributed by atoms with Crippen molar-refractivity contribution in [1.82, 2.24) is 0 Å². The zero-order valence-corrected chi connectivity index (χ0v) is 19.6. The summed E-state index contributed by atoms with van der Waals surface area (Å²) >= 11 is 0. The Labute approximate surface area is 183 Å². The van der Waals surface area contributed by atoms with E-state index in [1.807, 2.05) is 0 Å². The minimum Gasteiger partial charge on any atom is -0.306 e. The maximum Gasteiger partial charge on any atom is 0.294 e. The van der Waals surface area contributed by atoms with E-state index in [-0.39, 0.29) is 0 Å². The van der Waals surface area contributed by atoms with Gasteiger partial charge in [0.05, 0.1) is 0 Å². The predicted molar refractivity (Wildman–Crippen MR) is 122 cm³/mol. The topological polar surface area (TPSA) is 95.5 Å². The van der Waals surface area contributed by atoms with E-state index >= 15 is 0 Å². The minimum atomic E-state index is -1.37. The van der Waals surface area contributed by atoms with E-state index < -0.39 is 22.2 Å². The van der Waals surface area contributed by atoms with Gasteiger partial charge in [-0.3, -0.25) is 10.1 Å². The van der Waals surface area contributed by atoms with Crippen molar-refractivity contribution in [3.05, 3.63) is 20.2 Å². The van der Waals surface area contributed by atoms with E-state index in [9.17, 15) is 20.2 Å². The van der Waals surface area contributed by atoms with E-state index in [4.69, 9.17) is 0 Å². The van der Waals surface area contributed by atoms with Crippen molar-refractivity contribution in [2.75, 3.05) is 6.61 Å². The molecule has 0 bridgehead atoms. The fourth-order valence-electron chi connectivity index (χ4n) is 3.82. The van der Waals surface area contributed by atoms with Gasteiger partial charge in [-0.05, 0) is 6.42 Å². The van der Waals surface area contributed by atoms with E-state index in [1.54, 1.807) is 0 Å². The summed E-state index contributed by atoms with van der Waals surface area (Å²) in [4.78, 5) is 25.2. The van der Waals surface area contributed by atoms with Crippen LogP contribution in [0.1, 0.15) is 136 Å². The molecule has 0 spiro atoms. The first-order valence-corrected chi connectivity index (χ1v) is 12.3. The lowest BCUT2D eigenvalue weighted by molar-refractivity contribution is -0.770. The van der Waals surface area contributed by atoms with Gasteiger partial charge in [0.2, 0.25) is 5.54 Å². The Kier molecular flexibility index (Phi) is 18.6. The quantitative estimate of drug-likeness (QED) is 0.0941. The van der Waals surface area contributed by atoms with Crippen LogP contribution in [-0.2, 0) is 4.84 Å². The first-order chi connectivity index (χ1) is 14.4. The standard InChI is InChI=1S/C23H46N2O5/c1-3-4-5-6-7-8-9-10-11-12-13-14-15-16-17-18-19-20-21-23(2,24(26)27)22-30-25(28)29/h3-22H2,1-2H3. The van der Waals surface area contributed by atoms with Gasteiger partial charge in [-0.15, -0.1) is 10.1 Å². The first-order valence-electron chi connectivity index (χ1n) is 12.3. The molecule has 0 N–H and O–H groups in total. The van der Waals surface area contributed by atoms with Crippen LogP contribution in [0.4, 0.5) is 0 Å². The molecule has 0 aromatic rings. The number of nitro groups is 1. The largest absolute Gasteiger partial charge is 0.306 e. The summed E-state index contributed by atoms with van der Waals surface area (Å²) < 4.78 is 0. The summed E-state index contributed by atoms with van der Waals surface area (Å²) in [5.41, 5.74) is -1.37. The number of rotatable bonds is 23. The van der Waals surface area contributed by atoms with Crippen LogP contribution in [0.3, 0.4) is 0 Å². The Hall–Kier alpha value is -1.40. The lowest BCUT2D eigenvalue weighted by Crippen LogP contribution is -2.40. The highest BCUT2D eigenvalue weighted by Gasteiger charge is 2.37. The summed E-state index contributed by atoms with van der Waals surface area (Å²) in [5, 5.41) is 20.5. The maximum absolute atomic E-state index is 11.2. The van der Waals surface area contributed by atoms with Crippen molar-refractivity contribution >= 4 is 0 Å². The van der Waals surface area contributed by atoms with Gasteiger partial charge >= 0.3 is 0 Å². The second-order valence-electron chi connectivity index (χ2n) is 9.01. The zero-order valence-electron chi connectivity index (χ0n) is 19.6. The molecule has 1 atom stereocenters. The molecule has 7 nitrogen and oxygen atoms in total. The zero-order chi connectivity index (χ0) is 22.5. The summed E-state index contributed by atoms with van der Waals surface area (Å²) in [6, 6.07) is 0. The molecule has 0 amide bonds. The molecule has 0 saturated carbocycles. The molecule has 0 aromatic carbocycles. The second-order valence-corrected chi connectivity index (χ2v) is 9.01. The Balaban J connectivity index is 3.39. The molecular weight excluding hydrogens is 384 g/mol. The lowest BCUT2D eigenvalue weighted by atomic mass is 9.95. The van der Waals surface area contributed by atoms with Crippen LogP contribution >= 0.6 is 0 Å². The fourth-order valence-corrected chi connectivity index (χ4v) is 3.82. The Morgan fingerprint density at radius 1 is 0.633 bits per heavy atom. The van der Waals surface area contributed by atoms with Crippen molar-refractivity contribution in [2.24, 2.45) is 0 Å². The van der Waals surface area contributed by atoms with Crippen molar-refractivity contribution in [1.29, 1.82) is 0 Å². The van der Waals surface area contributed by atoms with E-state index in [2.05, 4.69) is 11.8 Å². The van der Waals surface area contributed by atoms with Crippen molar-refractivity contribution < 1.29 is 14.8 Å². The minimum absolute atomic E-state index is 0.312. The lowest BCUT2D eigenvalue weighted by Gasteiger charge is -2.19. The number of hydrogen-bond donors (Lipinski definition) is 0. The van der Waals surface area contributed by atoms with Crippen LogP contribution in [0, 0.1) is 20.2 Å². The van der Waals surface area contributed by atoms with Crippen LogP contribution in [0.2, 0.25) is 0 Å². The van der Waals surface area contributed by atoms with E-state index in [0.717, 1.165) is 12.8 Å². The first kappa shape index (κ1) is 28.6. The van der Waals surface area contributed by atoms with Gasteiger partial charge in [-0.2, -0.15) is 0 Å².